The third kappa shape index (κ3) is 4.61. The van der Waals surface area contributed by atoms with Crippen molar-refractivity contribution >= 4 is 17.7 Å². The SMILES string of the molecule is COC(=O)c1ccc([C@H](C)NC(=O)c2c(C(F)(F)F)nn3c2N(Cc2ccccc2)CC3)cc1. The first-order chi connectivity index (χ1) is 16.2. The molecular weight excluding hydrogens is 449 g/mol. The summed E-state index contributed by atoms with van der Waals surface area (Å²) in [4.78, 5) is 26.5. The number of fused-ring (bicyclic) bond motifs is 1. The Bertz CT molecular complexity index is 1190. The highest BCUT2D eigenvalue weighted by atomic mass is 19.4. The monoisotopic (exact) mass is 472 g/mol. The number of carbonyl (C=O) groups excluding carboxylic acids is 2. The van der Waals surface area contributed by atoms with Crippen LogP contribution >= 0.6 is 0 Å². The van der Waals surface area contributed by atoms with E-state index in [4.69, 9.17) is 0 Å². The van der Waals surface area contributed by atoms with E-state index in [2.05, 4.69) is 15.2 Å². The van der Waals surface area contributed by atoms with Gasteiger partial charge in [-0.2, -0.15) is 18.3 Å². The number of benzene rings is 2. The van der Waals surface area contributed by atoms with E-state index < -0.39 is 35.4 Å². The van der Waals surface area contributed by atoms with Gasteiger partial charge in [0, 0.05) is 13.1 Å². The molecular formula is C24H23F3N4O3. The highest BCUT2D eigenvalue weighted by molar-refractivity contribution is 6.01. The van der Waals surface area contributed by atoms with E-state index in [9.17, 15) is 22.8 Å². The van der Waals surface area contributed by atoms with E-state index in [0.717, 1.165) is 5.56 Å². The molecule has 0 fully saturated rings. The van der Waals surface area contributed by atoms with Gasteiger partial charge < -0.3 is 15.0 Å². The van der Waals surface area contributed by atoms with Crippen LogP contribution in [0.5, 0.6) is 0 Å². The van der Waals surface area contributed by atoms with Gasteiger partial charge in [0.05, 0.1) is 25.3 Å². The van der Waals surface area contributed by atoms with E-state index in [1.165, 1.54) is 23.9 Å². The van der Waals surface area contributed by atoms with Crippen molar-refractivity contribution in [2.45, 2.75) is 32.2 Å². The molecule has 0 saturated carbocycles. The number of ether oxygens (including phenoxy) is 1. The van der Waals surface area contributed by atoms with Gasteiger partial charge in [0.15, 0.2) is 5.69 Å². The van der Waals surface area contributed by atoms with Crippen LogP contribution in [-0.4, -0.2) is 35.3 Å². The second-order valence-electron chi connectivity index (χ2n) is 7.98. The molecule has 1 amide bonds. The van der Waals surface area contributed by atoms with Crippen LogP contribution in [0.25, 0.3) is 0 Å². The van der Waals surface area contributed by atoms with Gasteiger partial charge >= 0.3 is 12.1 Å². The zero-order valence-electron chi connectivity index (χ0n) is 18.6. The molecule has 3 aromatic rings. The van der Waals surface area contributed by atoms with Crippen molar-refractivity contribution in [3.8, 4) is 0 Å². The maximum atomic E-state index is 13.8. The fraction of sp³-hybridized carbons (Fsp3) is 0.292. The van der Waals surface area contributed by atoms with Gasteiger partial charge in [0.1, 0.15) is 11.4 Å². The molecule has 0 radical (unpaired) electrons. The average Bonchev–Trinajstić information content (AvgIpc) is 3.39. The van der Waals surface area contributed by atoms with E-state index in [0.29, 0.717) is 24.2 Å². The van der Waals surface area contributed by atoms with Gasteiger partial charge in [-0.1, -0.05) is 42.5 Å². The van der Waals surface area contributed by atoms with E-state index in [-0.39, 0.29) is 12.4 Å². The lowest BCUT2D eigenvalue weighted by Gasteiger charge is -2.21. The van der Waals surface area contributed by atoms with Gasteiger partial charge in [0.2, 0.25) is 0 Å². The number of methoxy groups -OCH3 is 1. The lowest BCUT2D eigenvalue weighted by Crippen LogP contribution is -2.31. The third-order valence-corrected chi connectivity index (χ3v) is 5.70. The van der Waals surface area contributed by atoms with Crippen molar-refractivity contribution in [2.24, 2.45) is 0 Å². The van der Waals surface area contributed by atoms with Crippen LogP contribution in [0.15, 0.2) is 54.6 Å². The molecule has 0 saturated heterocycles. The minimum atomic E-state index is -4.78. The molecule has 7 nitrogen and oxygen atoms in total. The molecule has 2 aromatic carbocycles. The first-order valence-corrected chi connectivity index (χ1v) is 10.6. The van der Waals surface area contributed by atoms with Gasteiger partial charge in [-0.25, -0.2) is 9.48 Å². The van der Waals surface area contributed by atoms with Crippen molar-refractivity contribution in [2.75, 3.05) is 18.6 Å². The summed E-state index contributed by atoms with van der Waals surface area (Å²) in [7, 11) is 1.27. The first-order valence-electron chi connectivity index (χ1n) is 10.6. The molecule has 34 heavy (non-hydrogen) atoms. The molecule has 0 unspecified atom stereocenters. The van der Waals surface area contributed by atoms with Crippen LogP contribution < -0.4 is 10.2 Å². The van der Waals surface area contributed by atoms with Crippen LogP contribution in [0, 0.1) is 0 Å². The van der Waals surface area contributed by atoms with Crippen molar-refractivity contribution in [1.29, 1.82) is 0 Å². The number of nitrogens with zero attached hydrogens (tertiary/aromatic N) is 3. The molecule has 10 heteroatoms. The number of hydrogen-bond acceptors (Lipinski definition) is 5. The predicted molar refractivity (Wildman–Crippen MR) is 118 cm³/mol. The van der Waals surface area contributed by atoms with Crippen LogP contribution in [0.4, 0.5) is 19.0 Å². The van der Waals surface area contributed by atoms with Crippen molar-refractivity contribution < 1.29 is 27.5 Å². The van der Waals surface area contributed by atoms with Crippen molar-refractivity contribution in [3.63, 3.8) is 0 Å². The molecule has 1 aliphatic heterocycles. The summed E-state index contributed by atoms with van der Waals surface area (Å²) in [5, 5.41) is 6.39. The molecule has 0 aliphatic carbocycles. The summed E-state index contributed by atoms with van der Waals surface area (Å²) in [6.45, 7) is 2.71. The second kappa shape index (κ2) is 9.20. The number of alkyl halides is 3. The Morgan fingerprint density at radius 2 is 1.76 bits per heavy atom. The van der Waals surface area contributed by atoms with Crippen LogP contribution in [0.3, 0.4) is 0 Å². The number of nitrogens with one attached hydrogen (secondary N) is 1. The average molecular weight is 472 g/mol. The Balaban J connectivity index is 1.62. The number of hydrogen-bond donors (Lipinski definition) is 1. The Labute approximate surface area is 194 Å². The van der Waals surface area contributed by atoms with Crippen molar-refractivity contribution in [1.82, 2.24) is 15.1 Å². The minimum absolute atomic E-state index is 0.155. The molecule has 2 heterocycles. The lowest BCUT2D eigenvalue weighted by molar-refractivity contribution is -0.141. The second-order valence-corrected chi connectivity index (χ2v) is 7.98. The summed E-state index contributed by atoms with van der Waals surface area (Å²) < 4.78 is 47.3. The normalized spacial score (nSPS) is 14.0. The maximum Gasteiger partial charge on any atom is 0.436 e. The summed E-state index contributed by atoms with van der Waals surface area (Å²) >= 11 is 0. The number of rotatable bonds is 6. The molecule has 0 spiro atoms. The fourth-order valence-corrected chi connectivity index (χ4v) is 3.99. The topological polar surface area (TPSA) is 76.5 Å². The van der Waals surface area contributed by atoms with Gasteiger partial charge in [0.25, 0.3) is 5.91 Å². The van der Waals surface area contributed by atoms with Crippen molar-refractivity contribution in [3.05, 3.63) is 82.5 Å². The fourth-order valence-electron chi connectivity index (χ4n) is 3.99. The van der Waals surface area contributed by atoms with Crippen LogP contribution in [-0.2, 0) is 24.0 Å². The molecule has 178 valence electrons. The van der Waals surface area contributed by atoms with Crippen LogP contribution in [0.2, 0.25) is 0 Å². The number of anilines is 1. The predicted octanol–water partition coefficient (Wildman–Crippen LogP) is 4.20. The minimum Gasteiger partial charge on any atom is -0.465 e. The number of carbonyl (C=O) groups is 2. The van der Waals surface area contributed by atoms with Gasteiger partial charge in [-0.3, -0.25) is 4.79 Å². The Hall–Kier alpha value is -3.82. The smallest absolute Gasteiger partial charge is 0.436 e. The molecule has 1 aliphatic rings. The summed E-state index contributed by atoms with van der Waals surface area (Å²) in [6.07, 6.45) is -4.78. The first kappa shape index (κ1) is 23.3. The van der Waals surface area contributed by atoms with E-state index in [1.54, 1.807) is 24.0 Å². The highest BCUT2D eigenvalue weighted by Crippen LogP contribution is 2.38. The molecule has 0 bridgehead atoms. The molecule has 1 N–H and O–H groups in total. The molecule has 4 rings (SSSR count). The summed E-state index contributed by atoms with van der Waals surface area (Å²) in [5.41, 5.74) is 0.177. The molecule has 1 atom stereocenters. The summed E-state index contributed by atoms with van der Waals surface area (Å²) in [6, 6.07) is 15.0. The maximum absolute atomic E-state index is 13.8. The highest BCUT2D eigenvalue weighted by Gasteiger charge is 2.44. The van der Waals surface area contributed by atoms with Gasteiger partial charge in [-0.05, 0) is 30.2 Å². The Morgan fingerprint density at radius 3 is 2.38 bits per heavy atom. The lowest BCUT2D eigenvalue weighted by atomic mass is 10.1. The standard InChI is InChI=1S/C24H23F3N4O3/c1-15(17-8-10-18(11-9-17)23(33)34-2)28-21(32)19-20(24(25,26)27)29-31-13-12-30(22(19)31)14-16-6-4-3-5-7-16/h3-11,15H,12-14H2,1-2H3,(H,28,32)/t15-/m0/s1. The zero-order valence-corrected chi connectivity index (χ0v) is 18.6. The number of aromatic nitrogens is 2. The Kier molecular flexibility index (Phi) is 6.32. The Morgan fingerprint density at radius 1 is 1.09 bits per heavy atom. The number of esters is 1. The quantitative estimate of drug-likeness (QED) is 0.545. The molecule has 1 aromatic heterocycles. The number of halogens is 3. The van der Waals surface area contributed by atoms with E-state index >= 15 is 0 Å². The van der Waals surface area contributed by atoms with Gasteiger partial charge in [-0.15, -0.1) is 0 Å². The van der Waals surface area contributed by atoms with E-state index in [1.807, 2.05) is 30.3 Å². The van der Waals surface area contributed by atoms with Crippen LogP contribution in [0.1, 0.15) is 50.5 Å². The number of amides is 1. The summed E-state index contributed by atoms with van der Waals surface area (Å²) in [5.74, 6) is -1.22. The largest absolute Gasteiger partial charge is 0.465 e. The third-order valence-electron chi connectivity index (χ3n) is 5.70. The zero-order chi connectivity index (χ0) is 24.5.